The number of halogens is 2. The maximum atomic E-state index is 13.6. The van der Waals surface area contributed by atoms with Crippen molar-refractivity contribution in [1.29, 1.82) is 0 Å². The van der Waals surface area contributed by atoms with E-state index in [1.54, 1.807) is 6.07 Å². The fraction of sp³-hybridized carbons (Fsp3) is 0.462. The van der Waals surface area contributed by atoms with Crippen molar-refractivity contribution in [3.63, 3.8) is 0 Å². The highest BCUT2D eigenvalue weighted by atomic mass is 35.5. The fourth-order valence-electron chi connectivity index (χ4n) is 4.22. The molecule has 0 saturated carbocycles. The highest BCUT2D eigenvalue weighted by molar-refractivity contribution is 6.30. The zero-order chi connectivity index (χ0) is 21.6. The molecule has 1 aliphatic heterocycles. The van der Waals surface area contributed by atoms with Gasteiger partial charge in [0.25, 0.3) is 0 Å². The Kier molecular flexibility index (Phi) is 7.96. The molecule has 1 fully saturated rings. The summed E-state index contributed by atoms with van der Waals surface area (Å²) in [5.74, 6) is 0.0280. The van der Waals surface area contributed by atoms with E-state index >= 15 is 0 Å². The molecule has 0 radical (unpaired) electrons. The summed E-state index contributed by atoms with van der Waals surface area (Å²) in [6.07, 6.45) is 6.78. The van der Waals surface area contributed by atoms with E-state index in [0.717, 1.165) is 37.9 Å². The molecular formula is C26H33ClFNO. The molecule has 1 unspecified atom stereocenters. The predicted octanol–water partition coefficient (Wildman–Crippen LogP) is 6.81. The van der Waals surface area contributed by atoms with Gasteiger partial charge in [-0.1, -0.05) is 36.4 Å². The predicted molar refractivity (Wildman–Crippen MR) is 124 cm³/mol. The molecular weight excluding hydrogens is 397 g/mol. The molecule has 1 saturated heterocycles. The molecule has 3 rings (SSSR count). The Balaban J connectivity index is 1.53. The zero-order valence-electron chi connectivity index (χ0n) is 18.2. The molecule has 30 heavy (non-hydrogen) atoms. The van der Waals surface area contributed by atoms with Gasteiger partial charge < -0.3 is 10.1 Å². The molecule has 0 bridgehead atoms. The minimum Gasteiger partial charge on any atom is -0.489 e. The van der Waals surface area contributed by atoms with Crippen molar-refractivity contribution in [1.82, 2.24) is 5.32 Å². The second-order valence-electron chi connectivity index (χ2n) is 8.81. The van der Waals surface area contributed by atoms with Gasteiger partial charge in [-0.05, 0) is 98.7 Å². The van der Waals surface area contributed by atoms with E-state index in [1.165, 1.54) is 48.1 Å². The van der Waals surface area contributed by atoms with Crippen LogP contribution in [0.4, 0.5) is 4.39 Å². The maximum absolute atomic E-state index is 13.6. The second-order valence-corrected chi connectivity index (χ2v) is 9.22. The van der Waals surface area contributed by atoms with Crippen molar-refractivity contribution < 1.29 is 9.13 Å². The monoisotopic (exact) mass is 429 g/mol. The quantitative estimate of drug-likeness (QED) is 0.442. The minimum absolute atomic E-state index is 0.108. The third kappa shape index (κ3) is 6.33. The Bertz CT molecular complexity index is 873. The van der Waals surface area contributed by atoms with Crippen LogP contribution in [0.25, 0.3) is 0 Å². The van der Waals surface area contributed by atoms with Gasteiger partial charge in [0.2, 0.25) is 0 Å². The number of piperidine rings is 1. The molecule has 2 aromatic rings. The van der Waals surface area contributed by atoms with Crippen LogP contribution < -0.4 is 10.1 Å². The molecule has 1 aliphatic rings. The zero-order valence-corrected chi connectivity index (χ0v) is 19.0. The van der Waals surface area contributed by atoms with Crippen LogP contribution in [0.1, 0.15) is 48.8 Å². The lowest BCUT2D eigenvalue weighted by molar-refractivity contribution is 0.174. The van der Waals surface area contributed by atoms with Gasteiger partial charge in [-0.2, -0.15) is 0 Å². The third-order valence-corrected chi connectivity index (χ3v) is 6.73. The normalized spacial score (nSPS) is 18.9. The van der Waals surface area contributed by atoms with Crippen LogP contribution >= 0.6 is 11.6 Å². The van der Waals surface area contributed by atoms with Crippen LogP contribution in [-0.4, -0.2) is 19.7 Å². The van der Waals surface area contributed by atoms with Gasteiger partial charge >= 0.3 is 0 Å². The number of ether oxygens (including phenoxy) is 1. The first-order valence-electron chi connectivity index (χ1n) is 10.9. The number of rotatable bonds is 9. The van der Waals surface area contributed by atoms with E-state index < -0.39 is 5.82 Å². The summed E-state index contributed by atoms with van der Waals surface area (Å²) < 4.78 is 19.3. The third-order valence-electron chi connectivity index (χ3n) is 6.42. The first-order chi connectivity index (χ1) is 14.4. The van der Waals surface area contributed by atoms with E-state index in [-0.39, 0.29) is 5.02 Å². The van der Waals surface area contributed by atoms with Gasteiger partial charge in [0.05, 0.1) is 5.02 Å². The molecule has 0 aromatic heterocycles. The van der Waals surface area contributed by atoms with E-state index in [0.29, 0.717) is 17.8 Å². The minimum atomic E-state index is -0.460. The van der Waals surface area contributed by atoms with Crippen molar-refractivity contribution >= 4 is 11.6 Å². The fourth-order valence-corrected chi connectivity index (χ4v) is 4.33. The summed E-state index contributed by atoms with van der Waals surface area (Å²) in [5.41, 5.74) is 5.49. The molecule has 0 aliphatic carbocycles. The van der Waals surface area contributed by atoms with Crippen LogP contribution in [0.2, 0.25) is 5.02 Å². The smallest absolute Gasteiger partial charge is 0.145 e. The average molecular weight is 430 g/mol. The molecule has 4 heteroatoms. The number of aryl methyl sites for hydroxylation is 3. The molecule has 0 spiro atoms. The van der Waals surface area contributed by atoms with E-state index in [4.69, 9.17) is 16.3 Å². The maximum Gasteiger partial charge on any atom is 0.145 e. The molecule has 2 aromatic carbocycles. The van der Waals surface area contributed by atoms with Crippen molar-refractivity contribution in [3.8, 4) is 5.75 Å². The summed E-state index contributed by atoms with van der Waals surface area (Å²) in [6.45, 7) is 11.1. The average Bonchev–Trinajstić information content (AvgIpc) is 2.75. The highest BCUT2D eigenvalue weighted by Crippen LogP contribution is 2.37. The number of nitrogens with one attached hydrogen (secondary N) is 1. The summed E-state index contributed by atoms with van der Waals surface area (Å²) in [7, 11) is 0. The number of hydrogen-bond donors (Lipinski definition) is 1. The summed E-state index contributed by atoms with van der Waals surface area (Å²) in [6, 6.07) is 11.4. The number of hydrogen-bond acceptors (Lipinski definition) is 2. The lowest BCUT2D eigenvalue weighted by atomic mass is 9.72. The lowest BCUT2D eigenvalue weighted by Gasteiger charge is -2.38. The van der Waals surface area contributed by atoms with Crippen LogP contribution in [0.3, 0.4) is 0 Å². The Hall–Kier alpha value is -1.84. The van der Waals surface area contributed by atoms with E-state index in [2.05, 4.69) is 43.9 Å². The summed E-state index contributed by atoms with van der Waals surface area (Å²) in [5, 5.41) is 3.72. The summed E-state index contributed by atoms with van der Waals surface area (Å²) >= 11 is 5.73. The molecule has 1 atom stereocenters. The van der Waals surface area contributed by atoms with Gasteiger partial charge in [0.15, 0.2) is 0 Å². The van der Waals surface area contributed by atoms with Crippen molar-refractivity contribution in [2.24, 2.45) is 5.41 Å². The van der Waals surface area contributed by atoms with E-state index in [9.17, 15) is 4.39 Å². The molecule has 1 heterocycles. The molecule has 2 nitrogen and oxygen atoms in total. The Morgan fingerprint density at radius 1 is 1.17 bits per heavy atom. The molecule has 0 amide bonds. The van der Waals surface area contributed by atoms with Gasteiger partial charge in [-0.3, -0.25) is 0 Å². The van der Waals surface area contributed by atoms with Crippen LogP contribution in [-0.2, 0) is 6.42 Å². The highest BCUT2D eigenvalue weighted by Gasteiger charge is 2.31. The van der Waals surface area contributed by atoms with Crippen LogP contribution in [0.5, 0.6) is 5.75 Å². The van der Waals surface area contributed by atoms with Crippen molar-refractivity contribution in [2.75, 3.05) is 19.7 Å². The lowest BCUT2D eigenvalue weighted by Crippen LogP contribution is -2.40. The summed E-state index contributed by atoms with van der Waals surface area (Å²) in [4.78, 5) is 0. The topological polar surface area (TPSA) is 21.3 Å². The Morgan fingerprint density at radius 3 is 2.70 bits per heavy atom. The SMILES string of the molecule is C=C(CCC1(CCc2ccc(C)c(C)c2)CCCNC1)COc1ccc(Cl)c(F)c1. The largest absolute Gasteiger partial charge is 0.489 e. The molecule has 1 N–H and O–H groups in total. The first kappa shape index (κ1) is 22.8. The first-order valence-corrected chi connectivity index (χ1v) is 11.3. The van der Waals surface area contributed by atoms with Crippen molar-refractivity contribution in [2.45, 2.75) is 52.4 Å². The van der Waals surface area contributed by atoms with Gasteiger partial charge in [-0.15, -0.1) is 0 Å². The second kappa shape index (κ2) is 10.5. The number of benzene rings is 2. The Morgan fingerprint density at radius 2 is 2.00 bits per heavy atom. The van der Waals surface area contributed by atoms with Crippen LogP contribution in [0, 0.1) is 25.1 Å². The van der Waals surface area contributed by atoms with Gasteiger partial charge in [0.1, 0.15) is 18.2 Å². The molecule has 162 valence electrons. The standard InChI is InChI=1S/C26H33ClFNO/c1-19(17-30-23-7-8-24(27)25(28)16-23)9-12-26(11-4-14-29-18-26)13-10-22-6-5-20(2)21(3)15-22/h5-8,15-16,29H,1,4,9-14,17-18H2,2-3H3. The van der Waals surface area contributed by atoms with E-state index in [1.807, 2.05) is 0 Å². The van der Waals surface area contributed by atoms with Crippen LogP contribution in [0.15, 0.2) is 48.6 Å². The Labute approximate surface area is 185 Å². The van der Waals surface area contributed by atoms with Crippen molar-refractivity contribution in [3.05, 3.63) is 76.1 Å². The van der Waals surface area contributed by atoms with Gasteiger partial charge in [0, 0.05) is 12.6 Å². The van der Waals surface area contributed by atoms with Gasteiger partial charge in [-0.25, -0.2) is 4.39 Å².